The Kier molecular flexibility index (Phi) is 7.92. The molecule has 7 nitrogen and oxygen atoms in total. The number of urea groups is 1. The number of carbonyl (C=O) groups is 1. The Morgan fingerprint density at radius 1 is 1.24 bits per heavy atom. The zero-order valence-corrected chi connectivity index (χ0v) is 21.0. The van der Waals surface area contributed by atoms with Gasteiger partial charge in [-0.2, -0.15) is 8.42 Å². The number of hydrogen-bond acceptors (Lipinski definition) is 5. The average Bonchev–Trinajstić information content (AvgIpc) is 3.19. The number of rotatable bonds is 7. The number of benzene rings is 2. The first-order valence-electron chi connectivity index (χ1n) is 10.9. The van der Waals surface area contributed by atoms with Gasteiger partial charge in [-0.1, -0.05) is 35.9 Å². The molecule has 0 radical (unpaired) electrons. The number of nitrogens with zero attached hydrogens (tertiary/aromatic N) is 1. The quantitative estimate of drug-likeness (QED) is 0.553. The van der Waals surface area contributed by atoms with Gasteiger partial charge in [0.15, 0.2) is 0 Å². The van der Waals surface area contributed by atoms with Crippen molar-refractivity contribution in [3.8, 4) is 5.75 Å². The lowest BCUT2D eigenvalue weighted by Gasteiger charge is -2.30. The van der Waals surface area contributed by atoms with Gasteiger partial charge < -0.3 is 19.1 Å². The van der Waals surface area contributed by atoms with Crippen molar-refractivity contribution in [1.29, 1.82) is 0 Å². The number of hydrogen-bond donors (Lipinski definition) is 1. The van der Waals surface area contributed by atoms with E-state index < -0.39 is 15.7 Å². The van der Waals surface area contributed by atoms with Crippen molar-refractivity contribution in [2.75, 3.05) is 13.2 Å². The van der Waals surface area contributed by atoms with Gasteiger partial charge in [0.1, 0.15) is 10.6 Å². The molecule has 3 rings (SSSR count). The highest BCUT2D eigenvalue weighted by Gasteiger charge is 2.26. The number of ether oxygens (including phenoxy) is 1. The average molecular weight is 495 g/mol. The van der Waals surface area contributed by atoms with E-state index in [-0.39, 0.29) is 34.3 Å². The number of carbonyl (C=O) groups excluding carboxylic acids is 1. The van der Waals surface area contributed by atoms with Gasteiger partial charge in [0.2, 0.25) is 0 Å². The van der Waals surface area contributed by atoms with Crippen LogP contribution in [-0.4, -0.2) is 44.1 Å². The van der Waals surface area contributed by atoms with Gasteiger partial charge in [-0.25, -0.2) is 4.79 Å². The third-order valence-electron chi connectivity index (χ3n) is 5.11. The summed E-state index contributed by atoms with van der Waals surface area (Å²) in [5.41, 5.74) is 0.846. The molecule has 1 aliphatic rings. The van der Waals surface area contributed by atoms with Gasteiger partial charge >= 0.3 is 16.1 Å². The number of amides is 2. The minimum Gasteiger partial charge on any atom is -0.379 e. The smallest absolute Gasteiger partial charge is 0.340 e. The fraction of sp³-hybridized carbons (Fsp3) is 0.458. The van der Waals surface area contributed by atoms with Crippen molar-refractivity contribution >= 4 is 27.8 Å². The van der Waals surface area contributed by atoms with E-state index in [2.05, 4.69) is 5.32 Å². The van der Waals surface area contributed by atoms with Crippen molar-refractivity contribution in [3.63, 3.8) is 0 Å². The van der Waals surface area contributed by atoms with Crippen LogP contribution in [0.3, 0.4) is 0 Å². The van der Waals surface area contributed by atoms with Gasteiger partial charge in [-0.15, -0.1) is 0 Å². The lowest BCUT2D eigenvalue weighted by atomic mass is 10.1. The van der Waals surface area contributed by atoms with Crippen molar-refractivity contribution in [3.05, 3.63) is 58.6 Å². The van der Waals surface area contributed by atoms with Gasteiger partial charge in [0.05, 0.1) is 11.1 Å². The largest absolute Gasteiger partial charge is 0.379 e. The zero-order valence-electron chi connectivity index (χ0n) is 19.4. The monoisotopic (exact) mass is 494 g/mol. The van der Waals surface area contributed by atoms with Gasteiger partial charge in [-0.3, -0.25) is 0 Å². The maximum atomic E-state index is 12.9. The third kappa shape index (κ3) is 7.09. The molecule has 1 saturated heterocycles. The van der Waals surface area contributed by atoms with Crippen molar-refractivity contribution < 1.29 is 22.1 Å². The van der Waals surface area contributed by atoms with Crippen LogP contribution in [-0.2, 0) is 21.4 Å². The lowest BCUT2D eigenvalue weighted by molar-refractivity contribution is 0.0782. The summed E-state index contributed by atoms with van der Waals surface area (Å²) in [7, 11) is -4.12. The summed E-state index contributed by atoms with van der Waals surface area (Å²) in [5.74, 6) is 0.153. The lowest BCUT2D eigenvalue weighted by Crippen LogP contribution is -2.50. The summed E-state index contributed by atoms with van der Waals surface area (Å²) in [4.78, 5) is 14.6. The highest BCUT2D eigenvalue weighted by Crippen LogP contribution is 2.28. The molecule has 180 valence electrons. The molecule has 1 atom stereocenters. The Bertz CT molecular complexity index is 1070. The van der Waals surface area contributed by atoms with E-state index in [0.29, 0.717) is 18.7 Å². The number of nitrogens with one attached hydrogen (secondary N) is 1. The highest BCUT2D eigenvalue weighted by atomic mass is 35.5. The Labute approximate surface area is 201 Å². The van der Waals surface area contributed by atoms with Crippen LogP contribution in [0.25, 0.3) is 0 Å². The normalized spacial score (nSPS) is 16.5. The van der Waals surface area contributed by atoms with E-state index in [9.17, 15) is 13.2 Å². The Morgan fingerprint density at radius 3 is 2.61 bits per heavy atom. The SMILES string of the molecule is Cc1cccc(Cl)c1S(=O)(=O)Oc1cccc(CN(C[C@H]2CCCO2)C(=O)NC(C)(C)C)c1. The van der Waals surface area contributed by atoms with Crippen molar-refractivity contribution in [1.82, 2.24) is 10.2 Å². The second kappa shape index (κ2) is 10.3. The summed E-state index contributed by atoms with van der Waals surface area (Å²) < 4.78 is 36.9. The Morgan fingerprint density at radius 2 is 1.97 bits per heavy atom. The van der Waals surface area contributed by atoms with E-state index in [1.165, 1.54) is 6.07 Å². The molecule has 0 spiro atoms. The molecule has 1 heterocycles. The van der Waals surface area contributed by atoms with E-state index in [0.717, 1.165) is 18.4 Å². The Balaban J connectivity index is 1.80. The molecule has 0 bridgehead atoms. The van der Waals surface area contributed by atoms with Gasteiger partial charge in [0.25, 0.3) is 0 Å². The Hall–Kier alpha value is -2.29. The van der Waals surface area contributed by atoms with Crippen LogP contribution in [0, 0.1) is 6.92 Å². The molecule has 33 heavy (non-hydrogen) atoms. The first-order chi connectivity index (χ1) is 15.4. The van der Waals surface area contributed by atoms with Crippen LogP contribution in [0.15, 0.2) is 47.4 Å². The van der Waals surface area contributed by atoms with E-state index in [4.69, 9.17) is 20.5 Å². The molecule has 0 aromatic heterocycles. The van der Waals surface area contributed by atoms with Crippen LogP contribution in [0.1, 0.15) is 44.7 Å². The number of halogens is 1. The standard InChI is InChI=1S/C24H31ClN2O5S/c1-17-8-5-12-21(25)22(17)33(29,30)32-19-10-6-9-18(14-19)15-27(16-20-11-7-13-31-20)23(28)26-24(2,3)4/h5-6,8-10,12,14,20H,7,11,13,15-16H2,1-4H3,(H,26,28)/t20-/m1/s1. The molecule has 2 aromatic rings. The third-order valence-corrected chi connectivity index (χ3v) is 6.99. The van der Waals surface area contributed by atoms with Crippen LogP contribution in [0.4, 0.5) is 4.79 Å². The van der Waals surface area contributed by atoms with Crippen molar-refractivity contribution in [2.45, 2.75) is 63.6 Å². The van der Waals surface area contributed by atoms with Crippen LogP contribution in [0.5, 0.6) is 5.75 Å². The second-order valence-corrected chi connectivity index (χ2v) is 11.2. The molecule has 1 fully saturated rings. The fourth-order valence-electron chi connectivity index (χ4n) is 3.67. The molecule has 0 aliphatic carbocycles. The highest BCUT2D eigenvalue weighted by molar-refractivity contribution is 7.87. The molecular formula is C24H31ClN2O5S. The summed E-state index contributed by atoms with van der Waals surface area (Å²) in [6.07, 6.45) is 1.86. The minimum absolute atomic E-state index is 0.0151. The molecule has 2 aromatic carbocycles. The fourth-order valence-corrected chi connectivity index (χ4v) is 5.39. The van der Waals surface area contributed by atoms with Crippen molar-refractivity contribution in [2.24, 2.45) is 0 Å². The molecule has 1 aliphatic heterocycles. The molecule has 2 amide bonds. The summed E-state index contributed by atoms with van der Waals surface area (Å²) in [6, 6.07) is 11.4. The van der Waals surface area contributed by atoms with Gasteiger partial charge in [-0.05, 0) is 69.9 Å². The first kappa shape index (κ1) is 25.3. The van der Waals surface area contributed by atoms with E-state index in [1.807, 2.05) is 26.8 Å². The van der Waals surface area contributed by atoms with Crippen LogP contribution < -0.4 is 9.50 Å². The molecule has 0 unspecified atom stereocenters. The predicted molar refractivity (Wildman–Crippen MR) is 128 cm³/mol. The second-order valence-electron chi connectivity index (χ2n) is 9.27. The summed E-state index contributed by atoms with van der Waals surface area (Å²) in [5, 5.41) is 3.09. The summed E-state index contributed by atoms with van der Waals surface area (Å²) >= 11 is 6.13. The first-order valence-corrected chi connectivity index (χ1v) is 12.7. The molecular weight excluding hydrogens is 464 g/mol. The van der Waals surface area contributed by atoms with Crippen LogP contribution in [0.2, 0.25) is 5.02 Å². The molecule has 1 N–H and O–H groups in total. The van der Waals surface area contributed by atoms with E-state index >= 15 is 0 Å². The van der Waals surface area contributed by atoms with E-state index in [1.54, 1.807) is 42.2 Å². The summed E-state index contributed by atoms with van der Waals surface area (Å²) in [6.45, 7) is 8.85. The topological polar surface area (TPSA) is 84.9 Å². The zero-order chi connectivity index (χ0) is 24.2. The van der Waals surface area contributed by atoms with Crippen LogP contribution >= 0.6 is 11.6 Å². The molecule has 9 heteroatoms. The molecule has 0 saturated carbocycles. The minimum atomic E-state index is -4.12. The van der Waals surface area contributed by atoms with Gasteiger partial charge in [0, 0.05) is 25.2 Å². The predicted octanol–water partition coefficient (Wildman–Crippen LogP) is 4.91. The number of aryl methyl sites for hydroxylation is 1. The maximum Gasteiger partial charge on any atom is 0.340 e. The maximum absolute atomic E-state index is 12.9.